The number of alkyl halides is 3. The van der Waals surface area contributed by atoms with Crippen LogP contribution in [0.1, 0.15) is 30.0 Å². The Labute approximate surface area is 223 Å². The molecule has 1 atom stereocenters. The van der Waals surface area contributed by atoms with Crippen LogP contribution in [0.15, 0.2) is 79.0 Å². The quantitative estimate of drug-likeness (QED) is 0.305. The number of carbonyl (C=O) groups is 2. The highest BCUT2D eigenvalue weighted by Gasteiger charge is 2.57. The van der Waals surface area contributed by atoms with Crippen LogP contribution in [0.25, 0.3) is 11.3 Å². The summed E-state index contributed by atoms with van der Waals surface area (Å²) >= 11 is 0. The molecule has 6 nitrogen and oxygen atoms in total. The van der Waals surface area contributed by atoms with Gasteiger partial charge in [0.25, 0.3) is 5.91 Å². The lowest BCUT2D eigenvalue weighted by atomic mass is 9.78. The summed E-state index contributed by atoms with van der Waals surface area (Å²) in [6.07, 6.45) is -2.24. The van der Waals surface area contributed by atoms with Gasteiger partial charge in [-0.05, 0) is 73.4 Å². The Hall–Kier alpha value is -4.40. The monoisotopic (exact) mass is 530 g/mol. The molecule has 0 saturated heterocycles. The van der Waals surface area contributed by atoms with Crippen LogP contribution in [0, 0.1) is 0 Å². The van der Waals surface area contributed by atoms with E-state index in [0.29, 0.717) is 17.7 Å². The minimum atomic E-state index is -4.62. The van der Waals surface area contributed by atoms with Gasteiger partial charge in [-0.3, -0.25) is 19.2 Å². The number of benzene rings is 3. The average molecular weight is 531 g/mol. The fourth-order valence-electron chi connectivity index (χ4n) is 5.90. The summed E-state index contributed by atoms with van der Waals surface area (Å²) in [6, 6.07) is 19.4. The number of hydrogen-bond acceptors (Lipinski definition) is 3. The van der Waals surface area contributed by atoms with E-state index in [2.05, 4.69) is 5.10 Å². The molecule has 0 bridgehead atoms. The first kappa shape index (κ1) is 24.9. The minimum Gasteiger partial charge on any atom is -0.309 e. The van der Waals surface area contributed by atoms with E-state index in [-0.39, 0.29) is 24.3 Å². The van der Waals surface area contributed by atoms with E-state index in [1.165, 1.54) is 15.9 Å². The van der Waals surface area contributed by atoms with E-state index >= 15 is 0 Å². The van der Waals surface area contributed by atoms with Crippen molar-refractivity contribution in [3.8, 4) is 11.3 Å². The molecule has 2 heterocycles. The Kier molecular flexibility index (Phi) is 5.64. The molecule has 0 radical (unpaired) electrons. The predicted molar refractivity (Wildman–Crippen MR) is 142 cm³/mol. The zero-order chi connectivity index (χ0) is 27.5. The van der Waals surface area contributed by atoms with Crippen molar-refractivity contribution in [2.75, 3.05) is 16.3 Å². The van der Waals surface area contributed by atoms with Gasteiger partial charge in [0.05, 0.1) is 22.6 Å². The van der Waals surface area contributed by atoms with Crippen LogP contribution in [0.2, 0.25) is 0 Å². The van der Waals surface area contributed by atoms with Gasteiger partial charge in [-0.2, -0.15) is 18.3 Å². The number of likely N-dealkylation sites (N-methyl/N-ethyl adjacent to an activating group) is 1. The second kappa shape index (κ2) is 8.83. The van der Waals surface area contributed by atoms with Crippen LogP contribution < -0.4 is 9.80 Å². The van der Waals surface area contributed by atoms with Gasteiger partial charge in [-0.15, -0.1) is 0 Å². The fourth-order valence-corrected chi connectivity index (χ4v) is 5.90. The zero-order valence-corrected chi connectivity index (χ0v) is 21.4. The smallest absolute Gasteiger partial charge is 0.309 e. The number of amides is 2. The molecular formula is C30H25F3N4O2. The zero-order valence-electron chi connectivity index (χ0n) is 21.4. The van der Waals surface area contributed by atoms with Crippen LogP contribution in [0.4, 0.5) is 30.2 Å². The third kappa shape index (κ3) is 3.67. The molecule has 2 amide bonds. The van der Waals surface area contributed by atoms with E-state index in [1.807, 2.05) is 31.3 Å². The molecule has 2 aliphatic rings. The van der Waals surface area contributed by atoms with Crippen molar-refractivity contribution in [3.05, 3.63) is 95.7 Å². The van der Waals surface area contributed by atoms with Gasteiger partial charge in [-0.1, -0.05) is 30.3 Å². The van der Waals surface area contributed by atoms with E-state index < -0.39 is 29.0 Å². The first-order valence-corrected chi connectivity index (χ1v) is 12.7. The van der Waals surface area contributed by atoms with Gasteiger partial charge in [0.1, 0.15) is 0 Å². The van der Waals surface area contributed by atoms with Gasteiger partial charge in [0.2, 0.25) is 5.91 Å². The molecule has 1 spiro atoms. The van der Waals surface area contributed by atoms with Crippen molar-refractivity contribution in [1.82, 2.24) is 9.78 Å². The number of fused-ring (bicyclic) bond motifs is 3. The molecule has 9 heteroatoms. The molecule has 1 aliphatic carbocycles. The third-order valence-corrected chi connectivity index (χ3v) is 7.80. The maximum absolute atomic E-state index is 14.8. The highest BCUT2D eigenvalue weighted by Crippen LogP contribution is 2.51. The van der Waals surface area contributed by atoms with E-state index in [9.17, 15) is 22.8 Å². The highest BCUT2D eigenvalue weighted by molar-refractivity contribution is 6.27. The van der Waals surface area contributed by atoms with Gasteiger partial charge in [-0.25, -0.2) is 0 Å². The van der Waals surface area contributed by atoms with Crippen molar-refractivity contribution >= 4 is 28.9 Å². The third-order valence-electron chi connectivity index (χ3n) is 7.80. The minimum absolute atomic E-state index is 0.0318. The van der Waals surface area contributed by atoms with E-state index in [1.54, 1.807) is 48.1 Å². The number of aryl methyl sites for hydroxylation is 2. The Morgan fingerprint density at radius 3 is 2.36 bits per heavy atom. The topological polar surface area (TPSA) is 58.4 Å². The molecule has 0 fully saturated rings. The fraction of sp³-hybridized carbons (Fsp3) is 0.233. The first-order chi connectivity index (χ1) is 18.7. The van der Waals surface area contributed by atoms with E-state index in [0.717, 1.165) is 29.0 Å². The molecule has 4 aromatic rings. The van der Waals surface area contributed by atoms with Gasteiger partial charge >= 0.3 is 6.18 Å². The maximum atomic E-state index is 14.8. The molecule has 1 aliphatic heterocycles. The average Bonchev–Trinajstić information content (AvgIpc) is 3.51. The Morgan fingerprint density at radius 2 is 1.69 bits per heavy atom. The van der Waals surface area contributed by atoms with Crippen LogP contribution in [-0.2, 0) is 34.6 Å². The van der Waals surface area contributed by atoms with Gasteiger partial charge < -0.3 is 4.90 Å². The highest BCUT2D eigenvalue weighted by atomic mass is 19.4. The standard InChI is InChI=1S/C30H25F3N4O2/c1-3-36-25-12-11-21(30(31,32)33)18-26(25)37(22-7-5-4-6-8-22)28(39)29(27(36)38)15-13-19-9-10-20(17-23(19)29)24-14-16-34-35(24)2/h4-12,14,16-18H,3,13,15H2,1-2H3. The molecule has 1 unspecified atom stereocenters. The van der Waals surface area contributed by atoms with Crippen LogP contribution in [-0.4, -0.2) is 28.1 Å². The van der Waals surface area contributed by atoms with Crippen molar-refractivity contribution in [1.29, 1.82) is 0 Å². The summed E-state index contributed by atoms with van der Waals surface area (Å²) in [5, 5.41) is 4.24. The summed E-state index contributed by atoms with van der Waals surface area (Å²) in [5.74, 6) is -0.994. The van der Waals surface area contributed by atoms with Crippen LogP contribution in [0.5, 0.6) is 0 Å². The lowest BCUT2D eigenvalue weighted by molar-refractivity contribution is -0.138. The second-order valence-corrected chi connectivity index (χ2v) is 9.84. The number of para-hydroxylation sites is 1. The summed E-state index contributed by atoms with van der Waals surface area (Å²) in [4.78, 5) is 32.0. The largest absolute Gasteiger partial charge is 0.416 e. The number of halogens is 3. The summed E-state index contributed by atoms with van der Waals surface area (Å²) < 4.78 is 43.3. The molecule has 0 N–H and O–H groups in total. The predicted octanol–water partition coefficient (Wildman–Crippen LogP) is 6.02. The summed E-state index contributed by atoms with van der Waals surface area (Å²) in [7, 11) is 1.81. The molecule has 6 rings (SSSR count). The lowest BCUT2D eigenvalue weighted by Gasteiger charge is -2.32. The molecule has 39 heavy (non-hydrogen) atoms. The number of nitrogens with zero attached hydrogens (tertiary/aromatic N) is 4. The lowest BCUT2D eigenvalue weighted by Crippen LogP contribution is -2.53. The maximum Gasteiger partial charge on any atom is 0.416 e. The van der Waals surface area contributed by atoms with E-state index in [4.69, 9.17) is 0 Å². The van der Waals surface area contributed by atoms with Gasteiger partial charge in [0, 0.05) is 31.0 Å². The van der Waals surface area contributed by atoms with Crippen molar-refractivity contribution in [3.63, 3.8) is 0 Å². The molecular weight excluding hydrogens is 505 g/mol. The number of carbonyl (C=O) groups excluding carboxylic acids is 2. The van der Waals surface area contributed by atoms with Crippen molar-refractivity contribution < 1.29 is 22.8 Å². The molecule has 0 saturated carbocycles. The second-order valence-electron chi connectivity index (χ2n) is 9.84. The van der Waals surface area contributed by atoms with Gasteiger partial charge in [0.15, 0.2) is 5.41 Å². The van der Waals surface area contributed by atoms with Crippen molar-refractivity contribution in [2.45, 2.75) is 31.4 Å². The van der Waals surface area contributed by atoms with Crippen molar-refractivity contribution in [2.24, 2.45) is 7.05 Å². The number of hydrogen-bond donors (Lipinski definition) is 0. The Bertz CT molecular complexity index is 1610. The number of anilines is 3. The number of rotatable bonds is 3. The molecule has 1 aromatic heterocycles. The number of aromatic nitrogens is 2. The molecule has 3 aromatic carbocycles. The normalized spacial score (nSPS) is 18.9. The summed E-state index contributed by atoms with van der Waals surface area (Å²) in [6.45, 7) is 1.95. The first-order valence-electron chi connectivity index (χ1n) is 12.7. The van der Waals surface area contributed by atoms with Crippen LogP contribution >= 0.6 is 0 Å². The summed E-state index contributed by atoms with van der Waals surface area (Å²) in [5.41, 5.74) is 1.26. The SMILES string of the molecule is CCN1C(=O)C2(CCc3ccc(-c4ccnn4C)cc32)C(=O)N(c2ccccc2)c2cc(C(F)(F)F)ccc21. The molecule has 198 valence electrons. The Balaban J connectivity index is 1.63. The Morgan fingerprint density at radius 1 is 0.923 bits per heavy atom. The van der Waals surface area contributed by atoms with Crippen LogP contribution in [0.3, 0.4) is 0 Å².